The number of hydrogen-bond acceptors (Lipinski definition) is 2. The van der Waals surface area contributed by atoms with Crippen LogP contribution in [0.25, 0.3) is 0 Å². The van der Waals surface area contributed by atoms with E-state index in [0.29, 0.717) is 12.8 Å². The molecule has 0 aliphatic heterocycles. The highest BCUT2D eigenvalue weighted by atomic mass is 16.1. The summed E-state index contributed by atoms with van der Waals surface area (Å²) in [7, 11) is 0. The third-order valence-electron chi connectivity index (χ3n) is 4.43. The van der Waals surface area contributed by atoms with Crippen LogP contribution in [0.3, 0.4) is 0 Å². The van der Waals surface area contributed by atoms with E-state index in [1.807, 2.05) is 60.7 Å². The van der Waals surface area contributed by atoms with E-state index in [0.717, 1.165) is 30.4 Å². The Hall–Kier alpha value is -2.62. The lowest BCUT2D eigenvalue weighted by Gasteiger charge is -2.32. The lowest BCUT2D eigenvalue weighted by atomic mass is 9.70. The van der Waals surface area contributed by atoms with Gasteiger partial charge in [0.2, 0.25) is 11.8 Å². The lowest BCUT2D eigenvalue weighted by molar-refractivity contribution is -0.122. The molecule has 24 heavy (non-hydrogen) atoms. The molecule has 0 fully saturated rings. The summed E-state index contributed by atoms with van der Waals surface area (Å²) < 4.78 is 0. The average molecular weight is 324 g/mol. The maximum Gasteiger partial charge on any atom is 0.232 e. The summed E-state index contributed by atoms with van der Waals surface area (Å²) in [5.74, 6) is -0.642. The predicted molar refractivity (Wildman–Crippen MR) is 95.1 cm³/mol. The van der Waals surface area contributed by atoms with Crippen LogP contribution >= 0.6 is 0 Å². The van der Waals surface area contributed by atoms with Crippen molar-refractivity contribution in [3.8, 4) is 0 Å². The molecule has 4 N–H and O–H groups in total. The van der Waals surface area contributed by atoms with Crippen molar-refractivity contribution in [1.82, 2.24) is 0 Å². The molecule has 126 valence electrons. The standard InChI is InChI=1S/C20H24N2O2/c21-18(23)14-8-3-9-15-20(19(22)24,16-10-4-1-5-11-16)17-12-6-2-7-13-17/h1-2,4-7,10-13H,3,8-9,14-15H2,(H2,21,23)(H2,22,24). The maximum atomic E-state index is 12.5. The first kappa shape index (κ1) is 17.7. The van der Waals surface area contributed by atoms with Crippen molar-refractivity contribution >= 4 is 11.8 Å². The fourth-order valence-corrected chi connectivity index (χ4v) is 3.17. The second-order valence-electron chi connectivity index (χ2n) is 6.03. The second-order valence-corrected chi connectivity index (χ2v) is 6.03. The fraction of sp³-hybridized carbons (Fsp3) is 0.300. The van der Waals surface area contributed by atoms with Gasteiger partial charge in [-0.1, -0.05) is 73.5 Å². The van der Waals surface area contributed by atoms with E-state index in [1.54, 1.807) is 0 Å². The summed E-state index contributed by atoms with van der Waals surface area (Å²) in [5.41, 5.74) is 12.0. The lowest BCUT2D eigenvalue weighted by Crippen LogP contribution is -2.42. The molecule has 0 saturated carbocycles. The maximum absolute atomic E-state index is 12.5. The Labute approximate surface area is 142 Å². The van der Waals surface area contributed by atoms with E-state index < -0.39 is 5.41 Å². The molecule has 2 rings (SSSR count). The number of rotatable bonds is 9. The molecule has 0 aliphatic carbocycles. The van der Waals surface area contributed by atoms with Crippen molar-refractivity contribution in [3.05, 3.63) is 71.8 Å². The molecular formula is C20H24N2O2. The number of nitrogens with two attached hydrogens (primary N) is 2. The highest BCUT2D eigenvalue weighted by molar-refractivity contribution is 5.90. The Kier molecular flexibility index (Phi) is 6.13. The fourth-order valence-electron chi connectivity index (χ4n) is 3.17. The summed E-state index contributed by atoms with van der Waals surface area (Å²) in [6.07, 6.45) is 3.33. The van der Waals surface area contributed by atoms with Crippen LogP contribution in [0.1, 0.15) is 43.2 Å². The Morgan fingerprint density at radius 1 is 0.750 bits per heavy atom. The van der Waals surface area contributed by atoms with E-state index in [4.69, 9.17) is 11.5 Å². The number of carbonyl (C=O) groups excluding carboxylic acids is 2. The Morgan fingerprint density at radius 3 is 1.67 bits per heavy atom. The molecule has 0 aliphatic rings. The van der Waals surface area contributed by atoms with Gasteiger partial charge in [-0.15, -0.1) is 0 Å². The van der Waals surface area contributed by atoms with Gasteiger partial charge < -0.3 is 11.5 Å². The van der Waals surface area contributed by atoms with Crippen molar-refractivity contribution < 1.29 is 9.59 Å². The van der Waals surface area contributed by atoms with Crippen molar-refractivity contribution in [1.29, 1.82) is 0 Å². The number of carbonyl (C=O) groups is 2. The quantitative estimate of drug-likeness (QED) is 0.695. The monoisotopic (exact) mass is 324 g/mol. The molecule has 0 aromatic heterocycles. The van der Waals surface area contributed by atoms with Gasteiger partial charge in [0.15, 0.2) is 0 Å². The minimum atomic E-state index is -0.852. The van der Waals surface area contributed by atoms with Gasteiger partial charge in [0.25, 0.3) is 0 Å². The average Bonchev–Trinajstić information content (AvgIpc) is 2.59. The van der Waals surface area contributed by atoms with Crippen molar-refractivity contribution in [2.75, 3.05) is 0 Å². The van der Waals surface area contributed by atoms with Gasteiger partial charge in [-0.25, -0.2) is 0 Å². The molecule has 4 heteroatoms. The molecule has 0 bridgehead atoms. The highest BCUT2D eigenvalue weighted by Gasteiger charge is 2.39. The van der Waals surface area contributed by atoms with Gasteiger partial charge in [0.05, 0.1) is 5.41 Å². The van der Waals surface area contributed by atoms with Crippen LogP contribution in [-0.2, 0) is 15.0 Å². The molecule has 2 aromatic rings. The summed E-state index contributed by atoms with van der Waals surface area (Å²) in [6, 6.07) is 19.3. The molecule has 2 aromatic carbocycles. The zero-order valence-electron chi connectivity index (χ0n) is 13.8. The number of hydrogen-bond donors (Lipinski definition) is 2. The SMILES string of the molecule is NC(=O)CCCCCC(C(N)=O)(c1ccccc1)c1ccccc1. The summed E-state index contributed by atoms with van der Waals surface area (Å²) in [6.45, 7) is 0. The van der Waals surface area contributed by atoms with E-state index in [-0.39, 0.29) is 11.8 Å². The topological polar surface area (TPSA) is 86.2 Å². The van der Waals surface area contributed by atoms with Crippen molar-refractivity contribution in [2.45, 2.75) is 37.5 Å². The third-order valence-corrected chi connectivity index (χ3v) is 4.43. The normalized spacial score (nSPS) is 11.2. The minimum absolute atomic E-state index is 0.290. The number of primary amides is 2. The molecule has 0 unspecified atom stereocenters. The summed E-state index contributed by atoms with van der Waals surface area (Å²) in [5, 5.41) is 0. The molecule has 4 nitrogen and oxygen atoms in total. The van der Waals surface area contributed by atoms with Gasteiger partial charge in [0.1, 0.15) is 0 Å². The number of unbranched alkanes of at least 4 members (excludes halogenated alkanes) is 2. The largest absolute Gasteiger partial charge is 0.370 e. The minimum Gasteiger partial charge on any atom is -0.370 e. The molecule has 0 spiro atoms. The van der Waals surface area contributed by atoms with E-state index in [1.165, 1.54) is 0 Å². The second kappa shape index (κ2) is 8.29. The Balaban J connectivity index is 2.30. The van der Waals surface area contributed by atoms with Gasteiger partial charge >= 0.3 is 0 Å². The molecule has 0 atom stereocenters. The zero-order chi connectivity index (χ0) is 17.4. The van der Waals surface area contributed by atoms with Crippen molar-refractivity contribution in [3.63, 3.8) is 0 Å². The first-order chi connectivity index (χ1) is 11.6. The van der Waals surface area contributed by atoms with Crippen LogP contribution in [-0.4, -0.2) is 11.8 Å². The predicted octanol–water partition coefficient (Wildman–Crippen LogP) is 2.89. The van der Waals surface area contributed by atoms with E-state index in [2.05, 4.69) is 0 Å². The molecular weight excluding hydrogens is 300 g/mol. The van der Waals surface area contributed by atoms with E-state index in [9.17, 15) is 9.59 Å². The van der Waals surface area contributed by atoms with Crippen LogP contribution in [0.2, 0.25) is 0 Å². The first-order valence-electron chi connectivity index (χ1n) is 8.26. The van der Waals surface area contributed by atoms with Crippen molar-refractivity contribution in [2.24, 2.45) is 11.5 Å². The highest BCUT2D eigenvalue weighted by Crippen LogP contribution is 2.37. The van der Waals surface area contributed by atoms with E-state index >= 15 is 0 Å². The van der Waals surface area contributed by atoms with Crippen LogP contribution in [0, 0.1) is 0 Å². The molecule has 2 amide bonds. The molecule has 0 heterocycles. The number of benzene rings is 2. The summed E-state index contributed by atoms with van der Waals surface area (Å²) >= 11 is 0. The van der Waals surface area contributed by atoms with Gasteiger partial charge in [0, 0.05) is 6.42 Å². The van der Waals surface area contributed by atoms with Crippen LogP contribution in [0.4, 0.5) is 0 Å². The molecule has 0 radical (unpaired) electrons. The zero-order valence-corrected chi connectivity index (χ0v) is 13.8. The number of amides is 2. The van der Waals surface area contributed by atoms with Gasteiger partial charge in [-0.2, -0.15) is 0 Å². The Morgan fingerprint density at radius 2 is 1.25 bits per heavy atom. The molecule has 0 saturated heterocycles. The van der Waals surface area contributed by atoms with Gasteiger partial charge in [-0.05, 0) is 24.0 Å². The smallest absolute Gasteiger partial charge is 0.232 e. The van der Waals surface area contributed by atoms with Crippen LogP contribution in [0.5, 0.6) is 0 Å². The van der Waals surface area contributed by atoms with Crippen LogP contribution in [0.15, 0.2) is 60.7 Å². The van der Waals surface area contributed by atoms with Gasteiger partial charge in [-0.3, -0.25) is 9.59 Å². The Bertz CT molecular complexity index is 629. The first-order valence-corrected chi connectivity index (χ1v) is 8.26. The summed E-state index contributed by atoms with van der Waals surface area (Å²) in [4.78, 5) is 23.4. The third kappa shape index (κ3) is 4.02. The van der Waals surface area contributed by atoms with Crippen LogP contribution < -0.4 is 11.5 Å².